The van der Waals surface area contributed by atoms with E-state index in [1.165, 1.54) is 22.8 Å². The molecule has 11 heteroatoms. The Morgan fingerprint density at radius 2 is 2.00 bits per heavy atom. The summed E-state index contributed by atoms with van der Waals surface area (Å²) in [6.45, 7) is 2.00. The molecule has 30 heavy (non-hydrogen) atoms. The molecule has 0 saturated carbocycles. The van der Waals surface area contributed by atoms with Gasteiger partial charge in [0.05, 0.1) is 19.2 Å². The minimum atomic E-state index is -4.43. The van der Waals surface area contributed by atoms with Gasteiger partial charge in [-0.1, -0.05) is 6.07 Å². The van der Waals surface area contributed by atoms with Gasteiger partial charge in [0, 0.05) is 11.4 Å². The summed E-state index contributed by atoms with van der Waals surface area (Å²) in [7, 11) is 0. The monoisotopic (exact) mass is 438 g/mol. The van der Waals surface area contributed by atoms with Crippen LogP contribution in [0.5, 0.6) is 5.75 Å². The number of rotatable bonds is 3. The van der Waals surface area contributed by atoms with Gasteiger partial charge in [-0.15, -0.1) is 11.3 Å². The van der Waals surface area contributed by atoms with Gasteiger partial charge in [0.15, 0.2) is 0 Å². The number of β-amino-alcohol motifs (C(OH)–C–C–N with tert-alkyl or cyclic N) is 1. The van der Waals surface area contributed by atoms with Crippen LogP contribution in [-0.4, -0.2) is 31.3 Å². The number of phenols is 1. The number of phenolic OH excluding ortho intramolecular Hbond substituents is 1. The van der Waals surface area contributed by atoms with E-state index in [1.54, 1.807) is 17.9 Å². The van der Waals surface area contributed by atoms with Crippen LogP contribution in [-0.2, 0) is 19.3 Å². The van der Waals surface area contributed by atoms with Gasteiger partial charge in [0.1, 0.15) is 16.5 Å². The minimum Gasteiger partial charge on any atom is -0.508 e. The fourth-order valence-corrected chi connectivity index (χ4v) is 4.24. The number of hydrogen-bond donors (Lipinski definition) is 2. The molecule has 158 valence electrons. The average Bonchev–Trinajstić information content (AvgIpc) is 3.14. The molecule has 0 fully saturated rings. The predicted molar refractivity (Wildman–Crippen MR) is 104 cm³/mol. The Bertz CT molecular complexity index is 1160. The maximum atomic E-state index is 12.8. The van der Waals surface area contributed by atoms with Crippen LogP contribution in [0.2, 0.25) is 0 Å². The number of thiophene rings is 1. The molecule has 1 unspecified atom stereocenters. The number of halogens is 3. The van der Waals surface area contributed by atoms with Gasteiger partial charge in [-0.25, -0.2) is 4.79 Å². The Hall–Kier alpha value is -2.92. The Labute approximate surface area is 172 Å². The maximum Gasteiger partial charge on any atom is 0.425 e. The molecule has 0 amide bonds. The summed E-state index contributed by atoms with van der Waals surface area (Å²) in [5, 5.41) is 20.0. The van der Waals surface area contributed by atoms with Gasteiger partial charge in [-0.3, -0.25) is 4.57 Å². The van der Waals surface area contributed by atoms with Crippen LogP contribution in [0.4, 0.5) is 19.1 Å². The Morgan fingerprint density at radius 1 is 1.23 bits per heavy atom. The van der Waals surface area contributed by atoms with E-state index >= 15 is 0 Å². The Balaban J connectivity index is 1.60. The number of aryl methyl sites for hydroxylation is 1. The van der Waals surface area contributed by atoms with E-state index in [0.29, 0.717) is 34.1 Å². The van der Waals surface area contributed by atoms with Crippen molar-refractivity contribution in [2.45, 2.75) is 32.3 Å². The summed E-state index contributed by atoms with van der Waals surface area (Å²) < 4.78 is 39.6. The highest BCUT2D eigenvalue weighted by Gasteiger charge is 2.32. The maximum absolute atomic E-state index is 12.8. The number of nitrogens with zero attached hydrogens (tertiary/aromatic N) is 4. The molecule has 0 spiro atoms. The number of aliphatic hydroxyl groups is 1. The highest BCUT2D eigenvalue weighted by molar-refractivity contribution is 7.12. The topological polar surface area (TPSA) is 91.5 Å². The van der Waals surface area contributed by atoms with E-state index in [0.717, 1.165) is 11.6 Å². The van der Waals surface area contributed by atoms with Crippen molar-refractivity contribution in [1.29, 1.82) is 0 Å². The first-order valence-electron chi connectivity index (χ1n) is 8.98. The average molecular weight is 438 g/mol. The number of aliphatic hydroxyl groups excluding tert-OH is 1. The second kappa shape index (κ2) is 7.40. The summed E-state index contributed by atoms with van der Waals surface area (Å²) in [6.07, 6.45) is -5.31. The number of anilines is 1. The second-order valence-electron chi connectivity index (χ2n) is 6.98. The molecule has 0 bridgehead atoms. The molecule has 3 heterocycles. The molecule has 0 aliphatic carbocycles. The SMILES string of the molecule is Cc1nc(N2Cc3ccc(O)cc3C(O)C2)nc(=O)n1Cc1ccc(C(F)(F)F)s1. The summed E-state index contributed by atoms with van der Waals surface area (Å²) in [6, 6.07) is 7.01. The number of alkyl halides is 3. The second-order valence-corrected chi connectivity index (χ2v) is 8.15. The van der Waals surface area contributed by atoms with Crippen molar-refractivity contribution in [2.75, 3.05) is 11.4 Å². The van der Waals surface area contributed by atoms with Crippen LogP contribution < -0.4 is 10.6 Å². The number of aromatic hydroxyl groups is 1. The number of aromatic nitrogens is 3. The van der Waals surface area contributed by atoms with Crippen molar-refractivity contribution in [2.24, 2.45) is 0 Å². The Morgan fingerprint density at radius 3 is 2.67 bits per heavy atom. The predicted octanol–water partition coefficient (Wildman–Crippen LogP) is 2.83. The van der Waals surface area contributed by atoms with Crippen molar-refractivity contribution in [1.82, 2.24) is 14.5 Å². The zero-order valence-electron chi connectivity index (χ0n) is 15.7. The Kier molecular flexibility index (Phi) is 5.02. The molecule has 1 atom stereocenters. The molecule has 7 nitrogen and oxygen atoms in total. The number of hydrogen-bond acceptors (Lipinski definition) is 7. The highest BCUT2D eigenvalue weighted by Crippen LogP contribution is 2.35. The molecular formula is C19H17F3N4O3S. The zero-order valence-corrected chi connectivity index (χ0v) is 16.5. The first-order chi connectivity index (χ1) is 14.1. The largest absolute Gasteiger partial charge is 0.508 e. The summed E-state index contributed by atoms with van der Waals surface area (Å²) in [4.78, 5) is 22.2. The molecule has 0 saturated heterocycles. The lowest BCUT2D eigenvalue weighted by Gasteiger charge is -2.32. The first kappa shape index (κ1) is 20.4. The third-order valence-corrected chi connectivity index (χ3v) is 5.97. The van der Waals surface area contributed by atoms with Crippen molar-refractivity contribution in [3.63, 3.8) is 0 Å². The van der Waals surface area contributed by atoms with Crippen molar-refractivity contribution < 1.29 is 23.4 Å². The molecule has 4 rings (SSSR count). The van der Waals surface area contributed by atoms with Crippen LogP contribution in [0.3, 0.4) is 0 Å². The van der Waals surface area contributed by atoms with E-state index in [4.69, 9.17) is 0 Å². The van der Waals surface area contributed by atoms with Gasteiger partial charge < -0.3 is 15.1 Å². The van der Waals surface area contributed by atoms with E-state index in [9.17, 15) is 28.2 Å². The molecule has 3 aromatic rings. The third kappa shape index (κ3) is 3.90. The normalized spacial score (nSPS) is 16.6. The molecule has 2 N–H and O–H groups in total. The fraction of sp³-hybridized carbons (Fsp3) is 0.316. The molecule has 1 aliphatic rings. The lowest BCUT2D eigenvalue weighted by atomic mass is 9.97. The van der Waals surface area contributed by atoms with Crippen molar-refractivity contribution in [3.05, 3.63) is 67.5 Å². The van der Waals surface area contributed by atoms with E-state index < -0.39 is 22.8 Å². The molecule has 1 aromatic carbocycles. The number of fused-ring (bicyclic) bond motifs is 1. The van der Waals surface area contributed by atoms with Crippen LogP contribution in [0.25, 0.3) is 0 Å². The molecule has 2 aromatic heterocycles. The van der Waals surface area contributed by atoms with Gasteiger partial charge in [-0.05, 0) is 42.3 Å². The highest BCUT2D eigenvalue weighted by atomic mass is 32.1. The lowest BCUT2D eigenvalue weighted by Crippen LogP contribution is -2.37. The standard InChI is InChI=1S/C19H17F3N4O3S/c1-10-23-17(25-7-11-2-3-12(27)6-14(11)15(28)9-25)24-18(29)26(10)8-13-4-5-16(30-13)19(20,21)22/h2-6,15,27-28H,7-9H2,1H3. The summed E-state index contributed by atoms with van der Waals surface area (Å²) in [5.41, 5.74) is 0.746. The van der Waals surface area contributed by atoms with Crippen LogP contribution in [0.1, 0.15) is 32.8 Å². The third-order valence-electron chi connectivity index (χ3n) is 4.86. The number of benzene rings is 1. The van der Waals surface area contributed by atoms with Crippen LogP contribution in [0.15, 0.2) is 35.1 Å². The quantitative estimate of drug-likeness (QED) is 0.654. The fourth-order valence-electron chi connectivity index (χ4n) is 3.38. The van der Waals surface area contributed by atoms with Crippen molar-refractivity contribution >= 4 is 17.3 Å². The van der Waals surface area contributed by atoms with Gasteiger partial charge in [0.25, 0.3) is 0 Å². The van der Waals surface area contributed by atoms with Gasteiger partial charge in [0.2, 0.25) is 5.95 Å². The van der Waals surface area contributed by atoms with E-state index in [2.05, 4.69) is 9.97 Å². The smallest absolute Gasteiger partial charge is 0.425 e. The zero-order chi connectivity index (χ0) is 21.6. The summed E-state index contributed by atoms with van der Waals surface area (Å²) >= 11 is 0.574. The van der Waals surface area contributed by atoms with Crippen LogP contribution in [0, 0.1) is 6.92 Å². The lowest BCUT2D eigenvalue weighted by molar-refractivity contribution is -0.134. The first-order valence-corrected chi connectivity index (χ1v) is 9.79. The van der Waals surface area contributed by atoms with Crippen LogP contribution >= 0.6 is 11.3 Å². The van der Waals surface area contributed by atoms with Crippen molar-refractivity contribution in [3.8, 4) is 5.75 Å². The molecule has 1 aliphatic heterocycles. The molecular weight excluding hydrogens is 421 g/mol. The minimum absolute atomic E-state index is 0.0539. The van der Waals surface area contributed by atoms with Gasteiger partial charge >= 0.3 is 11.9 Å². The summed E-state index contributed by atoms with van der Waals surface area (Å²) in [5.74, 6) is 0.491. The van der Waals surface area contributed by atoms with E-state index in [1.807, 2.05) is 0 Å². The molecule has 0 radical (unpaired) electrons. The van der Waals surface area contributed by atoms with E-state index in [-0.39, 0.29) is 24.8 Å². The van der Waals surface area contributed by atoms with Gasteiger partial charge in [-0.2, -0.15) is 23.1 Å².